The molecule has 0 aliphatic heterocycles. The molecule has 2 N–H and O–H groups in total. The van der Waals surface area contributed by atoms with Crippen LogP contribution in [-0.2, 0) is 0 Å². The third-order valence-electron chi connectivity index (χ3n) is 3.59. The van der Waals surface area contributed by atoms with E-state index in [1.807, 2.05) is 19.9 Å². The number of hydrogen-bond acceptors (Lipinski definition) is 2. The summed E-state index contributed by atoms with van der Waals surface area (Å²) in [6, 6.07) is 10.5. The van der Waals surface area contributed by atoms with Gasteiger partial charge in [-0.3, -0.25) is 0 Å². The topological polar surface area (TPSA) is 32.3 Å². The van der Waals surface area contributed by atoms with Gasteiger partial charge in [0, 0.05) is 13.1 Å². The minimum Gasteiger partial charge on any atom is -0.389 e. The van der Waals surface area contributed by atoms with Crippen LogP contribution >= 0.6 is 0 Å². The molecular weight excluding hydrogens is 210 g/mol. The first kappa shape index (κ1) is 14.2. The molecule has 0 spiro atoms. The molecule has 1 unspecified atom stereocenters. The summed E-state index contributed by atoms with van der Waals surface area (Å²) in [7, 11) is 0. The standard InChI is InChI=1S/C15H25NO/c1-4-15(17,5-2)12-16-11-13(3)14-9-7-6-8-10-14/h6-10,13,16-17H,4-5,11-12H2,1-3H3. The molecule has 17 heavy (non-hydrogen) atoms. The Bertz CT molecular complexity index is 306. The van der Waals surface area contributed by atoms with Gasteiger partial charge in [0.05, 0.1) is 5.60 Å². The van der Waals surface area contributed by atoms with Crippen LogP contribution in [-0.4, -0.2) is 23.8 Å². The molecule has 96 valence electrons. The van der Waals surface area contributed by atoms with Crippen LogP contribution < -0.4 is 5.32 Å². The minimum absolute atomic E-state index is 0.481. The van der Waals surface area contributed by atoms with E-state index in [9.17, 15) is 5.11 Å². The Morgan fingerprint density at radius 1 is 1.18 bits per heavy atom. The zero-order valence-electron chi connectivity index (χ0n) is 11.2. The molecular formula is C15H25NO. The summed E-state index contributed by atoms with van der Waals surface area (Å²) < 4.78 is 0. The maximum absolute atomic E-state index is 10.1. The van der Waals surface area contributed by atoms with Crippen molar-refractivity contribution in [2.45, 2.75) is 45.1 Å². The van der Waals surface area contributed by atoms with Crippen LogP contribution in [0.2, 0.25) is 0 Å². The molecule has 0 aliphatic rings. The van der Waals surface area contributed by atoms with E-state index in [-0.39, 0.29) is 0 Å². The van der Waals surface area contributed by atoms with Crippen molar-refractivity contribution in [1.82, 2.24) is 5.32 Å². The molecule has 1 aromatic carbocycles. The van der Waals surface area contributed by atoms with Gasteiger partial charge in [-0.15, -0.1) is 0 Å². The molecule has 0 saturated carbocycles. The van der Waals surface area contributed by atoms with Crippen molar-refractivity contribution in [3.8, 4) is 0 Å². The number of aliphatic hydroxyl groups is 1. The summed E-state index contributed by atoms with van der Waals surface area (Å²) in [5, 5.41) is 13.5. The molecule has 2 heteroatoms. The Kier molecular flexibility index (Phi) is 5.66. The molecule has 0 bridgehead atoms. The van der Waals surface area contributed by atoms with Gasteiger partial charge in [0.1, 0.15) is 0 Å². The largest absolute Gasteiger partial charge is 0.389 e. The van der Waals surface area contributed by atoms with E-state index in [0.29, 0.717) is 12.5 Å². The third-order valence-corrected chi connectivity index (χ3v) is 3.59. The quantitative estimate of drug-likeness (QED) is 0.761. The van der Waals surface area contributed by atoms with Crippen LogP contribution in [0.4, 0.5) is 0 Å². The second-order valence-electron chi connectivity index (χ2n) is 4.87. The summed E-state index contributed by atoms with van der Waals surface area (Å²) >= 11 is 0. The lowest BCUT2D eigenvalue weighted by Crippen LogP contribution is -2.40. The van der Waals surface area contributed by atoms with E-state index in [1.54, 1.807) is 0 Å². The predicted molar refractivity (Wildman–Crippen MR) is 73.3 cm³/mol. The first-order valence-electron chi connectivity index (χ1n) is 6.59. The fourth-order valence-corrected chi connectivity index (χ4v) is 1.92. The summed E-state index contributed by atoms with van der Waals surface area (Å²) in [6.07, 6.45) is 1.60. The Morgan fingerprint density at radius 3 is 2.29 bits per heavy atom. The van der Waals surface area contributed by atoms with E-state index >= 15 is 0 Å². The van der Waals surface area contributed by atoms with Crippen molar-refractivity contribution >= 4 is 0 Å². The van der Waals surface area contributed by atoms with Gasteiger partial charge in [0.15, 0.2) is 0 Å². The van der Waals surface area contributed by atoms with Crippen LogP contribution in [0.5, 0.6) is 0 Å². The van der Waals surface area contributed by atoms with Crippen LogP contribution in [0.15, 0.2) is 30.3 Å². The monoisotopic (exact) mass is 235 g/mol. The molecule has 0 radical (unpaired) electrons. The molecule has 1 aromatic rings. The molecule has 2 nitrogen and oxygen atoms in total. The molecule has 0 amide bonds. The second kappa shape index (κ2) is 6.77. The van der Waals surface area contributed by atoms with E-state index < -0.39 is 5.60 Å². The Labute approximate surface area is 105 Å². The minimum atomic E-state index is -0.545. The average Bonchev–Trinajstić information content (AvgIpc) is 2.39. The molecule has 0 aliphatic carbocycles. The normalized spacial score (nSPS) is 13.6. The average molecular weight is 235 g/mol. The lowest BCUT2D eigenvalue weighted by atomic mass is 9.96. The highest BCUT2D eigenvalue weighted by molar-refractivity contribution is 5.18. The van der Waals surface area contributed by atoms with Crippen molar-refractivity contribution in [3.63, 3.8) is 0 Å². The summed E-state index contributed by atoms with van der Waals surface area (Å²) in [5.74, 6) is 0.481. The molecule has 0 fully saturated rings. The van der Waals surface area contributed by atoms with Crippen LogP contribution in [0.25, 0.3) is 0 Å². The van der Waals surface area contributed by atoms with E-state index in [1.165, 1.54) is 5.56 Å². The van der Waals surface area contributed by atoms with Gasteiger partial charge in [-0.1, -0.05) is 51.1 Å². The smallest absolute Gasteiger partial charge is 0.0766 e. The van der Waals surface area contributed by atoms with Crippen molar-refractivity contribution in [1.29, 1.82) is 0 Å². The van der Waals surface area contributed by atoms with Gasteiger partial charge in [-0.2, -0.15) is 0 Å². The maximum Gasteiger partial charge on any atom is 0.0766 e. The molecule has 0 heterocycles. The number of hydrogen-bond donors (Lipinski definition) is 2. The number of benzene rings is 1. The van der Waals surface area contributed by atoms with Crippen molar-refractivity contribution in [3.05, 3.63) is 35.9 Å². The molecule has 1 rings (SSSR count). The molecule has 0 saturated heterocycles. The summed E-state index contributed by atoms with van der Waals surface area (Å²) in [4.78, 5) is 0. The van der Waals surface area contributed by atoms with E-state index in [0.717, 1.165) is 19.4 Å². The second-order valence-corrected chi connectivity index (χ2v) is 4.87. The number of rotatable bonds is 7. The maximum atomic E-state index is 10.1. The fourth-order valence-electron chi connectivity index (χ4n) is 1.92. The van der Waals surface area contributed by atoms with Gasteiger partial charge in [0.25, 0.3) is 0 Å². The fraction of sp³-hybridized carbons (Fsp3) is 0.600. The predicted octanol–water partition coefficient (Wildman–Crippen LogP) is 2.93. The zero-order chi connectivity index (χ0) is 12.7. The first-order valence-corrected chi connectivity index (χ1v) is 6.59. The van der Waals surface area contributed by atoms with Gasteiger partial charge >= 0.3 is 0 Å². The Morgan fingerprint density at radius 2 is 1.76 bits per heavy atom. The van der Waals surface area contributed by atoms with E-state index in [4.69, 9.17) is 0 Å². The summed E-state index contributed by atoms with van der Waals surface area (Å²) in [6.45, 7) is 7.86. The van der Waals surface area contributed by atoms with Gasteiger partial charge in [-0.05, 0) is 24.3 Å². The SMILES string of the molecule is CCC(O)(CC)CNCC(C)c1ccccc1. The van der Waals surface area contributed by atoms with Crippen LogP contribution in [0.3, 0.4) is 0 Å². The lowest BCUT2D eigenvalue weighted by molar-refractivity contribution is 0.0325. The molecule has 0 aromatic heterocycles. The van der Waals surface area contributed by atoms with Crippen LogP contribution in [0, 0.1) is 0 Å². The zero-order valence-corrected chi connectivity index (χ0v) is 11.2. The van der Waals surface area contributed by atoms with Gasteiger partial charge < -0.3 is 10.4 Å². The highest BCUT2D eigenvalue weighted by Crippen LogP contribution is 2.15. The summed E-state index contributed by atoms with van der Waals surface area (Å²) in [5.41, 5.74) is 0.799. The van der Waals surface area contributed by atoms with Gasteiger partial charge in [-0.25, -0.2) is 0 Å². The lowest BCUT2D eigenvalue weighted by Gasteiger charge is -2.26. The highest BCUT2D eigenvalue weighted by Gasteiger charge is 2.21. The molecule has 1 atom stereocenters. The van der Waals surface area contributed by atoms with Crippen molar-refractivity contribution < 1.29 is 5.11 Å². The third kappa shape index (κ3) is 4.49. The van der Waals surface area contributed by atoms with Crippen molar-refractivity contribution in [2.75, 3.05) is 13.1 Å². The Hall–Kier alpha value is -0.860. The van der Waals surface area contributed by atoms with Gasteiger partial charge in [0.2, 0.25) is 0 Å². The highest BCUT2D eigenvalue weighted by atomic mass is 16.3. The van der Waals surface area contributed by atoms with Crippen LogP contribution in [0.1, 0.15) is 45.1 Å². The first-order chi connectivity index (χ1) is 8.11. The van der Waals surface area contributed by atoms with E-state index in [2.05, 4.69) is 36.5 Å². The number of nitrogens with one attached hydrogen (secondary N) is 1. The Balaban J connectivity index is 2.37. The van der Waals surface area contributed by atoms with Crippen molar-refractivity contribution in [2.24, 2.45) is 0 Å².